The molecule has 1 heterocycles. The Morgan fingerprint density at radius 3 is 1.42 bits per heavy atom. The number of thiophene rings is 1. The van der Waals surface area contributed by atoms with Crippen molar-refractivity contribution in [2.75, 3.05) is 4.90 Å². The zero-order valence-electron chi connectivity index (χ0n) is 33.1. The molecule has 280 valence electrons. The Hall–Kier alpha value is -7.00. The summed E-state index contributed by atoms with van der Waals surface area (Å²) in [5, 5.41) is 2.67. The quantitative estimate of drug-likeness (QED) is 0.156. The Morgan fingerprint density at radius 1 is 0.339 bits per heavy atom. The maximum Gasteiger partial charge on any atom is 0.0462 e. The first-order valence-corrected chi connectivity index (χ1v) is 21.2. The van der Waals surface area contributed by atoms with Crippen LogP contribution in [0.3, 0.4) is 0 Å². The van der Waals surface area contributed by atoms with Crippen molar-refractivity contribution in [3.63, 3.8) is 0 Å². The number of rotatable bonds is 7. The molecule has 2 heteroatoms. The van der Waals surface area contributed by atoms with Crippen molar-refractivity contribution in [1.29, 1.82) is 0 Å². The van der Waals surface area contributed by atoms with Crippen LogP contribution < -0.4 is 4.90 Å². The molecule has 0 amide bonds. The van der Waals surface area contributed by atoms with Crippen LogP contribution in [-0.2, 0) is 5.41 Å². The van der Waals surface area contributed by atoms with Crippen LogP contribution in [0, 0.1) is 0 Å². The zero-order valence-corrected chi connectivity index (χ0v) is 33.9. The molecule has 59 heavy (non-hydrogen) atoms. The monoisotopic (exact) mass is 771 g/mol. The molecule has 1 aromatic heterocycles. The van der Waals surface area contributed by atoms with Gasteiger partial charge in [-0.3, -0.25) is 0 Å². The maximum atomic E-state index is 2.38. The molecule has 11 rings (SSSR count). The molecule has 1 aliphatic rings. The number of anilines is 3. The minimum atomic E-state index is -0.0174. The highest BCUT2D eigenvalue weighted by molar-refractivity contribution is 7.27. The highest BCUT2D eigenvalue weighted by Gasteiger charge is 2.36. The SMILES string of the molecule is CC1(C)c2ccccc2-c2c1ccc1c2sc2c(-c3ccc(N(c4ccc(-c5ccccc5)cc4)c4ccc(-c5cccc(-c6ccccc6)c5)cc4)cc3)cccc21. The Bertz CT molecular complexity index is 3140. The minimum absolute atomic E-state index is 0.0174. The summed E-state index contributed by atoms with van der Waals surface area (Å²) in [5.74, 6) is 0. The summed E-state index contributed by atoms with van der Waals surface area (Å²) < 4.78 is 2.73. The molecule has 0 saturated heterocycles. The van der Waals surface area contributed by atoms with Crippen molar-refractivity contribution in [3.8, 4) is 55.6 Å². The van der Waals surface area contributed by atoms with Crippen LogP contribution in [0.25, 0.3) is 75.8 Å². The van der Waals surface area contributed by atoms with Crippen LogP contribution in [0.15, 0.2) is 212 Å². The lowest BCUT2D eigenvalue weighted by atomic mass is 9.82. The molecule has 9 aromatic carbocycles. The molecule has 0 spiro atoms. The molecule has 0 radical (unpaired) electrons. The van der Waals surface area contributed by atoms with E-state index >= 15 is 0 Å². The fourth-order valence-corrected chi connectivity index (χ4v) is 10.6. The van der Waals surface area contributed by atoms with Crippen molar-refractivity contribution in [2.24, 2.45) is 0 Å². The Balaban J connectivity index is 0.981. The normalized spacial score (nSPS) is 12.7. The van der Waals surface area contributed by atoms with Gasteiger partial charge in [-0.15, -0.1) is 11.3 Å². The summed E-state index contributed by atoms with van der Waals surface area (Å²) in [6.07, 6.45) is 0. The van der Waals surface area contributed by atoms with Crippen LogP contribution in [0.5, 0.6) is 0 Å². The van der Waals surface area contributed by atoms with Crippen molar-refractivity contribution in [1.82, 2.24) is 0 Å². The minimum Gasteiger partial charge on any atom is -0.311 e. The van der Waals surface area contributed by atoms with Crippen LogP contribution >= 0.6 is 11.3 Å². The van der Waals surface area contributed by atoms with Crippen LogP contribution in [0.4, 0.5) is 17.1 Å². The molecule has 0 bridgehead atoms. The third-order valence-corrected chi connectivity index (χ3v) is 13.6. The van der Waals surface area contributed by atoms with Gasteiger partial charge in [0.2, 0.25) is 0 Å². The van der Waals surface area contributed by atoms with E-state index in [4.69, 9.17) is 0 Å². The molecule has 0 N–H and O–H groups in total. The van der Waals surface area contributed by atoms with Gasteiger partial charge in [0.05, 0.1) is 0 Å². The summed E-state index contributed by atoms with van der Waals surface area (Å²) >= 11 is 1.95. The Kier molecular flexibility index (Phi) is 8.43. The summed E-state index contributed by atoms with van der Waals surface area (Å²) in [7, 11) is 0. The van der Waals surface area contributed by atoms with Gasteiger partial charge in [0.1, 0.15) is 0 Å². The third-order valence-electron chi connectivity index (χ3n) is 12.3. The van der Waals surface area contributed by atoms with E-state index < -0.39 is 0 Å². The standard InChI is InChI=1S/C57H41NS/c1-57(2)52-22-10-9-19-51(52)54-53(57)36-35-50-49-21-12-20-48(55(49)59-56(50)54)42-27-33-47(34-28-42)58(45-29-23-40(24-30-45)38-13-5-3-6-14-38)46-31-25-41(26-32-46)44-18-11-17-43(37-44)39-15-7-4-8-16-39/h3-37H,1-2H3. The molecule has 1 nitrogen and oxygen atoms in total. The summed E-state index contributed by atoms with van der Waals surface area (Å²) in [6.45, 7) is 4.73. The van der Waals surface area contributed by atoms with Gasteiger partial charge in [0, 0.05) is 48.2 Å². The van der Waals surface area contributed by atoms with Crippen molar-refractivity contribution in [3.05, 3.63) is 223 Å². The molecule has 1 aliphatic carbocycles. The van der Waals surface area contributed by atoms with Gasteiger partial charge >= 0.3 is 0 Å². The van der Waals surface area contributed by atoms with E-state index in [2.05, 4.69) is 231 Å². The predicted octanol–water partition coefficient (Wildman–Crippen LogP) is 16.5. The van der Waals surface area contributed by atoms with Gasteiger partial charge in [-0.05, 0) is 104 Å². The highest BCUT2D eigenvalue weighted by atomic mass is 32.1. The van der Waals surface area contributed by atoms with E-state index in [0.717, 1.165) is 17.1 Å². The lowest BCUT2D eigenvalue weighted by molar-refractivity contribution is 0.661. The smallest absolute Gasteiger partial charge is 0.0462 e. The lowest BCUT2D eigenvalue weighted by Gasteiger charge is -2.26. The topological polar surface area (TPSA) is 3.24 Å². The molecule has 10 aromatic rings. The number of nitrogens with zero attached hydrogens (tertiary/aromatic N) is 1. The predicted molar refractivity (Wildman–Crippen MR) is 253 cm³/mol. The number of fused-ring (bicyclic) bond motifs is 7. The van der Waals surface area contributed by atoms with Gasteiger partial charge in [-0.1, -0.05) is 184 Å². The first-order valence-electron chi connectivity index (χ1n) is 20.4. The molecule has 0 unspecified atom stereocenters. The second-order valence-electron chi connectivity index (χ2n) is 16.1. The van der Waals surface area contributed by atoms with Gasteiger partial charge in [-0.2, -0.15) is 0 Å². The molecule has 0 aliphatic heterocycles. The fraction of sp³-hybridized carbons (Fsp3) is 0.0526. The van der Waals surface area contributed by atoms with Gasteiger partial charge in [0.15, 0.2) is 0 Å². The van der Waals surface area contributed by atoms with E-state index in [1.807, 2.05) is 11.3 Å². The number of hydrogen-bond donors (Lipinski definition) is 0. The van der Waals surface area contributed by atoms with Gasteiger partial charge in [0.25, 0.3) is 0 Å². The molecule has 0 saturated carbocycles. The average molecular weight is 772 g/mol. The molecule has 0 fully saturated rings. The van der Waals surface area contributed by atoms with E-state index in [1.165, 1.54) is 86.9 Å². The van der Waals surface area contributed by atoms with Crippen LogP contribution in [-0.4, -0.2) is 0 Å². The van der Waals surface area contributed by atoms with Crippen molar-refractivity contribution in [2.45, 2.75) is 19.3 Å². The van der Waals surface area contributed by atoms with E-state index in [0.29, 0.717) is 0 Å². The Labute approximate surface area is 350 Å². The summed E-state index contributed by atoms with van der Waals surface area (Å²) in [5.41, 5.74) is 18.7. The first-order chi connectivity index (χ1) is 29.0. The van der Waals surface area contributed by atoms with E-state index in [-0.39, 0.29) is 5.41 Å². The third kappa shape index (κ3) is 5.99. The van der Waals surface area contributed by atoms with Crippen molar-refractivity contribution >= 4 is 48.6 Å². The van der Waals surface area contributed by atoms with Crippen LogP contribution in [0.1, 0.15) is 25.0 Å². The van der Waals surface area contributed by atoms with Crippen molar-refractivity contribution < 1.29 is 0 Å². The first kappa shape index (κ1) is 35.2. The molecule has 0 atom stereocenters. The number of benzene rings is 9. The molecular weight excluding hydrogens is 731 g/mol. The van der Waals surface area contributed by atoms with Crippen LogP contribution in [0.2, 0.25) is 0 Å². The number of hydrogen-bond acceptors (Lipinski definition) is 2. The van der Waals surface area contributed by atoms with E-state index in [1.54, 1.807) is 0 Å². The van der Waals surface area contributed by atoms with Gasteiger partial charge < -0.3 is 4.90 Å². The van der Waals surface area contributed by atoms with E-state index in [9.17, 15) is 0 Å². The largest absolute Gasteiger partial charge is 0.311 e. The lowest BCUT2D eigenvalue weighted by Crippen LogP contribution is -2.14. The Morgan fingerprint density at radius 2 is 0.797 bits per heavy atom. The second kappa shape index (κ2) is 14.1. The summed E-state index contributed by atoms with van der Waals surface area (Å²) in [6, 6.07) is 77.6. The second-order valence-corrected chi connectivity index (χ2v) is 17.1. The molecular formula is C57H41NS. The highest BCUT2D eigenvalue weighted by Crippen LogP contribution is 2.54. The maximum absolute atomic E-state index is 2.38. The average Bonchev–Trinajstić information content (AvgIpc) is 3.80. The summed E-state index contributed by atoms with van der Waals surface area (Å²) in [4.78, 5) is 2.37. The van der Waals surface area contributed by atoms with Gasteiger partial charge in [-0.25, -0.2) is 0 Å². The zero-order chi connectivity index (χ0) is 39.5. The fourth-order valence-electron chi connectivity index (χ4n) is 9.25.